The zero-order valence-corrected chi connectivity index (χ0v) is 25.7. The van der Waals surface area contributed by atoms with Crippen LogP contribution < -0.4 is 4.74 Å². The van der Waals surface area contributed by atoms with E-state index in [1.807, 2.05) is 31.3 Å². The molecular formula is C22H36BI2NO4S2. The van der Waals surface area contributed by atoms with Crippen LogP contribution in [0.1, 0.15) is 58.4 Å². The molecule has 0 N–H and O–H groups in total. The highest BCUT2D eigenvalue weighted by Gasteiger charge is 2.52. The largest absolute Gasteiger partial charge is 0.497 e. The summed E-state index contributed by atoms with van der Waals surface area (Å²) in [5, 5.41) is 0. The average molecular weight is 707 g/mol. The van der Waals surface area contributed by atoms with Crippen molar-refractivity contribution in [3.8, 4) is 5.75 Å². The van der Waals surface area contributed by atoms with Crippen LogP contribution >= 0.6 is 60.6 Å². The van der Waals surface area contributed by atoms with Gasteiger partial charge in [0, 0.05) is 74.3 Å². The van der Waals surface area contributed by atoms with E-state index in [0.717, 1.165) is 44.4 Å². The highest BCUT2D eigenvalue weighted by molar-refractivity contribution is 14.2. The minimum atomic E-state index is -0.0999. The van der Waals surface area contributed by atoms with Crippen LogP contribution in [0.4, 0.5) is 0 Å². The Bertz CT molecular complexity index is 670. The van der Waals surface area contributed by atoms with Crippen LogP contribution in [0.3, 0.4) is 0 Å². The van der Waals surface area contributed by atoms with Crippen molar-refractivity contribution in [2.24, 2.45) is 5.41 Å². The van der Waals surface area contributed by atoms with Crippen molar-refractivity contribution in [3.05, 3.63) is 29.8 Å². The van der Waals surface area contributed by atoms with Gasteiger partial charge >= 0.3 is 7.12 Å². The molecule has 1 saturated heterocycles. The maximum Gasteiger partial charge on any atom is 0.457 e. The molecule has 182 valence electrons. The number of halogens is 2. The van der Waals surface area contributed by atoms with Gasteiger partial charge in [0.15, 0.2) is 0 Å². The SMILES string of the molecule is CN(SI)SI.COc1ccc(COCCCCB2OC3CCC(C)(C)CC3(C)O2)cc1. The van der Waals surface area contributed by atoms with Crippen molar-refractivity contribution in [1.82, 2.24) is 3.71 Å². The summed E-state index contributed by atoms with van der Waals surface area (Å²) in [7, 11) is 7.03. The van der Waals surface area contributed by atoms with Crippen molar-refractivity contribution >= 4 is 67.8 Å². The number of nitrogens with zero attached hydrogens (tertiary/aromatic N) is 1. The lowest BCUT2D eigenvalue weighted by Gasteiger charge is -2.43. The lowest BCUT2D eigenvalue weighted by atomic mass is 9.69. The van der Waals surface area contributed by atoms with Gasteiger partial charge in [-0.15, -0.1) is 0 Å². The third-order valence-corrected chi connectivity index (χ3v) is 11.9. The molecular weight excluding hydrogens is 671 g/mol. The monoisotopic (exact) mass is 707 g/mol. The van der Waals surface area contributed by atoms with Gasteiger partial charge in [-0.25, -0.2) is 0 Å². The Morgan fingerprint density at radius 3 is 2.44 bits per heavy atom. The quantitative estimate of drug-likeness (QED) is 0.107. The zero-order valence-electron chi connectivity index (χ0n) is 19.8. The molecule has 5 nitrogen and oxygen atoms in total. The Hall–Kier alpha value is 1.08. The Labute approximate surface area is 227 Å². The van der Waals surface area contributed by atoms with Crippen LogP contribution in [0.25, 0.3) is 0 Å². The molecule has 1 heterocycles. The number of fused-ring (bicyclic) bond motifs is 1. The molecule has 32 heavy (non-hydrogen) atoms. The molecule has 10 heteroatoms. The summed E-state index contributed by atoms with van der Waals surface area (Å²) in [5.41, 5.74) is 1.43. The normalized spacial score (nSPS) is 24.1. The first kappa shape index (κ1) is 29.3. The first-order chi connectivity index (χ1) is 15.2. The van der Waals surface area contributed by atoms with Gasteiger partial charge in [-0.1, -0.05) is 32.4 Å². The topological polar surface area (TPSA) is 40.2 Å². The van der Waals surface area contributed by atoms with E-state index in [9.17, 15) is 0 Å². The van der Waals surface area contributed by atoms with Gasteiger partial charge in [0.2, 0.25) is 0 Å². The lowest BCUT2D eigenvalue weighted by molar-refractivity contribution is -0.0297. The van der Waals surface area contributed by atoms with Gasteiger partial charge in [0.1, 0.15) is 5.75 Å². The standard InChI is InChI=1S/C21H33BO4.CH3I2NS2/c1-20(2)12-11-19-21(3,16-20)26-22(25-19)13-5-6-14-24-15-17-7-9-18(23-4)10-8-17;1-4(5-2)6-3/h7-10,19H,5-6,11-16H2,1-4H3;1H3. The van der Waals surface area contributed by atoms with E-state index in [1.165, 1.54) is 12.0 Å². The second-order valence-electron chi connectivity index (χ2n) is 9.34. The molecule has 3 rings (SSSR count). The first-order valence-electron chi connectivity index (χ1n) is 11.1. The summed E-state index contributed by atoms with van der Waals surface area (Å²) in [6, 6.07) is 8.02. The second kappa shape index (κ2) is 14.6. The maximum absolute atomic E-state index is 6.31. The van der Waals surface area contributed by atoms with E-state index in [1.54, 1.807) is 25.3 Å². The summed E-state index contributed by atoms with van der Waals surface area (Å²) >= 11 is 4.46. The molecule has 0 radical (unpaired) electrons. The van der Waals surface area contributed by atoms with Crippen molar-refractivity contribution in [3.63, 3.8) is 0 Å². The summed E-state index contributed by atoms with van der Waals surface area (Å²) < 4.78 is 25.5. The third kappa shape index (κ3) is 9.98. The van der Waals surface area contributed by atoms with Crippen LogP contribution in [-0.4, -0.2) is 43.3 Å². The van der Waals surface area contributed by atoms with Crippen LogP contribution in [-0.2, 0) is 20.7 Å². The van der Waals surface area contributed by atoms with Gasteiger partial charge < -0.3 is 18.8 Å². The molecule has 2 unspecified atom stereocenters. The number of unbranched alkanes of at least 4 members (excludes halogenated alkanes) is 1. The molecule has 2 aliphatic rings. The second-order valence-corrected chi connectivity index (χ2v) is 13.3. The predicted octanol–water partition coefficient (Wildman–Crippen LogP) is 7.78. The van der Waals surface area contributed by atoms with Crippen molar-refractivity contribution in [1.29, 1.82) is 0 Å². The molecule has 0 amide bonds. The summed E-state index contributed by atoms with van der Waals surface area (Å²) in [6.45, 7) is 8.33. The highest BCUT2D eigenvalue weighted by Crippen LogP contribution is 2.47. The molecule has 1 aromatic rings. The fourth-order valence-corrected chi connectivity index (χ4v) is 8.69. The Kier molecular flexibility index (Phi) is 13.4. The zero-order chi connectivity index (χ0) is 23.6. The third-order valence-electron chi connectivity index (χ3n) is 5.91. The lowest BCUT2D eigenvalue weighted by Crippen LogP contribution is -2.45. The predicted molar refractivity (Wildman–Crippen MR) is 155 cm³/mol. The van der Waals surface area contributed by atoms with E-state index in [2.05, 4.69) is 66.9 Å². The molecule has 0 bridgehead atoms. The number of hydrogen-bond donors (Lipinski definition) is 0. The first-order valence-corrected chi connectivity index (χ1v) is 17.7. The number of methoxy groups -OCH3 is 1. The molecule has 1 aliphatic heterocycles. The van der Waals surface area contributed by atoms with Gasteiger partial charge in [-0.05, 0) is 62.0 Å². The van der Waals surface area contributed by atoms with Gasteiger partial charge in [0.25, 0.3) is 0 Å². The molecule has 0 aromatic heterocycles. The molecule has 2 atom stereocenters. The summed E-state index contributed by atoms with van der Waals surface area (Å²) in [4.78, 5) is 0. The van der Waals surface area contributed by atoms with E-state index < -0.39 is 0 Å². The van der Waals surface area contributed by atoms with E-state index >= 15 is 0 Å². The number of hydrogen-bond acceptors (Lipinski definition) is 7. The van der Waals surface area contributed by atoms with Gasteiger partial charge in [-0.3, -0.25) is 0 Å². The Balaban J connectivity index is 0.000000534. The fourth-order valence-electron chi connectivity index (χ4n) is 4.38. The minimum absolute atomic E-state index is 0.0412. The van der Waals surface area contributed by atoms with E-state index in [0.29, 0.717) is 12.0 Å². The fraction of sp³-hybridized carbons (Fsp3) is 0.727. The summed E-state index contributed by atoms with van der Waals surface area (Å²) in [6.07, 6.45) is 6.76. The molecule has 0 spiro atoms. The van der Waals surface area contributed by atoms with Crippen LogP contribution in [0.15, 0.2) is 24.3 Å². The van der Waals surface area contributed by atoms with E-state index in [4.69, 9.17) is 18.8 Å². The molecule has 1 saturated carbocycles. The Morgan fingerprint density at radius 1 is 1.16 bits per heavy atom. The maximum atomic E-state index is 6.31. The van der Waals surface area contributed by atoms with Crippen molar-refractivity contribution in [2.45, 2.75) is 77.5 Å². The number of ether oxygens (including phenoxy) is 2. The van der Waals surface area contributed by atoms with Gasteiger partial charge in [0.05, 0.1) is 25.4 Å². The highest BCUT2D eigenvalue weighted by atomic mass is 127. The van der Waals surface area contributed by atoms with Crippen molar-refractivity contribution in [2.75, 3.05) is 20.8 Å². The smallest absolute Gasteiger partial charge is 0.457 e. The van der Waals surface area contributed by atoms with Gasteiger partial charge in [-0.2, -0.15) is 3.71 Å². The number of benzene rings is 1. The number of rotatable bonds is 10. The van der Waals surface area contributed by atoms with Crippen LogP contribution in [0.2, 0.25) is 6.32 Å². The van der Waals surface area contributed by atoms with Crippen LogP contribution in [0, 0.1) is 5.41 Å². The molecule has 2 fully saturated rings. The average Bonchev–Trinajstić information content (AvgIpc) is 3.10. The minimum Gasteiger partial charge on any atom is -0.497 e. The summed E-state index contributed by atoms with van der Waals surface area (Å²) in [5.74, 6) is 0.878. The molecule has 1 aromatic carbocycles. The van der Waals surface area contributed by atoms with E-state index in [-0.39, 0.29) is 18.8 Å². The van der Waals surface area contributed by atoms with Crippen LogP contribution in [0.5, 0.6) is 5.75 Å². The Morgan fingerprint density at radius 2 is 1.84 bits per heavy atom. The molecule has 1 aliphatic carbocycles. The van der Waals surface area contributed by atoms with Crippen molar-refractivity contribution < 1.29 is 18.8 Å².